The number of hydrogen-bond acceptors (Lipinski definition) is 3. The minimum absolute atomic E-state index is 0.0592. The first-order valence-corrected chi connectivity index (χ1v) is 6.31. The summed E-state index contributed by atoms with van der Waals surface area (Å²) in [5.74, 6) is 0.353. The third-order valence-electron chi connectivity index (χ3n) is 3.36. The number of rotatable bonds is 3. The molecule has 1 unspecified atom stereocenters. The van der Waals surface area contributed by atoms with Crippen LogP contribution in [0, 0.1) is 6.92 Å². The molecule has 1 fully saturated rings. The topological polar surface area (TPSA) is 55.6 Å². The molecule has 98 valence electrons. The average molecular weight is 248 g/mol. The number of para-hydroxylation sites is 1. The average Bonchev–Trinajstić information content (AvgIpc) is 2.70. The summed E-state index contributed by atoms with van der Waals surface area (Å²) in [4.78, 5) is 13.6. The van der Waals surface area contributed by atoms with Crippen molar-refractivity contribution in [2.24, 2.45) is 5.73 Å². The number of benzene rings is 1. The van der Waals surface area contributed by atoms with Crippen molar-refractivity contribution in [1.29, 1.82) is 0 Å². The molecule has 2 N–H and O–H groups in total. The molecule has 18 heavy (non-hydrogen) atoms. The van der Waals surface area contributed by atoms with Gasteiger partial charge < -0.3 is 10.5 Å². The molecule has 4 heteroatoms. The number of amides is 1. The number of carbonyl (C=O) groups is 1. The Labute approximate surface area is 108 Å². The lowest BCUT2D eigenvalue weighted by Gasteiger charge is -2.26. The highest BCUT2D eigenvalue weighted by Crippen LogP contribution is 2.34. The largest absolute Gasteiger partial charge is 0.447 e. The Morgan fingerprint density at radius 1 is 1.50 bits per heavy atom. The number of hydrogen-bond donors (Lipinski definition) is 1. The van der Waals surface area contributed by atoms with E-state index < -0.39 is 0 Å². The molecule has 1 aliphatic heterocycles. The molecule has 1 amide bonds. The van der Waals surface area contributed by atoms with Crippen LogP contribution in [-0.4, -0.2) is 25.3 Å². The highest BCUT2D eigenvalue weighted by atomic mass is 16.6. The Morgan fingerprint density at radius 3 is 2.83 bits per heavy atom. The molecular formula is C14H20N2O2. The maximum absolute atomic E-state index is 11.9. The Balaban J connectivity index is 2.52. The van der Waals surface area contributed by atoms with Crippen molar-refractivity contribution in [3.05, 3.63) is 29.3 Å². The van der Waals surface area contributed by atoms with Gasteiger partial charge in [-0.05, 0) is 24.0 Å². The van der Waals surface area contributed by atoms with Crippen molar-refractivity contribution >= 4 is 11.8 Å². The number of aryl methyl sites for hydroxylation is 1. The van der Waals surface area contributed by atoms with Crippen LogP contribution < -0.4 is 10.6 Å². The van der Waals surface area contributed by atoms with Gasteiger partial charge >= 0.3 is 6.09 Å². The Hall–Kier alpha value is -1.55. The quantitative estimate of drug-likeness (QED) is 0.893. The second-order valence-electron chi connectivity index (χ2n) is 5.00. The van der Waals surface area contributed by atoms with Crippen molar-refractivity contribution in [1.82, 2.24) is 0 Å². The summed E-state index contributed by atoms with van der Waals surface area (Å²) >= 11 is 0. The van der Waals surface area contributed by atoms with Gasteiger partial charge in [-0.1, -0.05) is 32.0 Å². The zero-order valence-corrected chi connectivity index (χ0v) is 11.1. The summed E-state index contributed by atoms with van der Waals surface area (Å²) in [6.07, 6.45) is -0.290. The summed E-state index contributed by atoms with van der Waals surface area (Å²) in [7, 11) is 0. The summed E-state index contributed by atoms with van der Waals surface area (Å²) in [5, 5.41) is 0. The van der Waals surface area contributed by atoms with Gasteiger partial charge in [0.15, 0.2) is 0 Å². The molecule has 1 atom stereocenters. The molecule has 1 aromatic carbocycles. The predicted molar refractivity (Wildman–Crippen MR) is 71.9 cm³/mol. The number of carbonyl (C=O) groups excluding carboxylic acids is 1. The second kappa shape index (κ2) is 4.98. The smallest absolute Gasteiger partial charge is 0.414 e. The van der Waals surface area contributed by atoms with Gasteiger partial charge in [0.05, 0.1) is 11.7 Å². The molecular weight excluding hydrogens is 228 g/mol. The van der Waals surface area contributed by atoms with Gasteiger partial charge in [0.25, 0.3) is 0 Å². The van der Waals surface area contributed by atoms with E-state index in [2.05, 4.69) is 19.9 Å². The lowest BCUT2D eigenvalue weighted by molar-refractivity contribution is 0.179. The molecule has 0 saturated carbocycles. The maximum Gasteiger partial charge on any atom is 0.414 e. The predicted octanol–water partition coefficient (Wildman–Crippen LogP) is 2.40. The molecule has 0 aromatic heterocycles. The third kappa shape index (κ3) is 2.08. The van der Waals surface area contributed by atoms with E-state index in [4.69, 9.17) is 10.5 Å². The van der Waals surface area contributed by atoms with E-state index in [1.54, 1.807) is 4.90 Å². The number of nitrogens with zero attached hydrogens (tertiary/aromatic N) is 1. The second-order valence-corrected chi connectivity index (χ2v) is 5.00. The van der Waals surface area contributed by atoms with Gasteiger partial charge in [-0.15, -0.1) is 0 Å². The fourth-order valence-corrected chi connectivity index (χ4v) is 2.38. The van der Waals surface area contributed by atoms with E-state index in [-0.39, 0.29) is 12.1 Å². The highest BCUT2D eigenvalue weighted by Gasteiger charge is 2.35. The molecule has 0 bridgehead atoms. The first-order valence-electron chi connectivity index (χ1n) is 6.31. The molecule has 4 nitrogen and oxygen atoms in total. The summed E-state index contributed by atoms with van der Waals surface area (Å²) in [6, 6.07) is 6.04. The molecule has 1 aliphatic rings. The SMILES string of the molecule is Cc1cccc(C(C)C)c1N1C(=O)OCC1CN. The van der Waals surface area contributed by atoms with Crippen LogP contribution in [0.4, 0.5) is 10.5 Å². The molecule has 2 rings (SSSR count). The van der Waals surface area contributed by atoms with E-state index in [1.807, 2.05) is 19.1 Å². The Morgan fingerprint density at radius 2 is 2.22 bits per heavy atom. The molecule has 0 aliphatic carbocycles. The zero-order valence-electron chi connectivity index (χ0n) is 11.1. The Kier molecular flexibility index (Phi) is 3.57. The highest BCUT2D eigenvalue weighted by molar-refractivity contribution is 5.92. The van der Waals surface area contributed by atoms with Gasteiger partial charge in [0.1, 0.15) is 6.61 Å². The van der Waals surface area contributed by atoms with Crippen LogP contribution >= 0.6 is 0 Å². The lowest BCUT2D eigenvalue weighted by Crippen LogP contribution is -2.40. The van der Waals surface area contributed by atoms with E-state index in [1.165, 1.54) is 0 Å². The number of ether oxygens (including phenoxy) is 1. The normalized spacial score (nSPS) is 19.5. The molecule has 0 spiro atoms. The number of cyclic esters (lactones) is 1. The van der Waals surface area contributed by atoms with Crippen LogP contribution in [0.2, 0.25) is 0 Å². The lowest BCUT2D eigenvalue weighted by atomic mass is 9.97. The van der Waals surface area contributed by atoms with E-state index >= 15 is 0 Å². The summed E-state index contributed by atoms with van der Waals surface area (Å²) in [5.41, 5.74) is 8.93. The van der Waals surface area contributed by atoms with E-state index in [0.717, 1.165) is 16.8 Å². The van der Waals surface area contributed by atoms with Crippen LogP contribution in [0.5, 0.6) is 0 Å². The summed E-state index contributed by atoms with van der Waals surface area (Å²) in [6.45, 7) is 7.05. The zero-order chi connectivity index (χ0) is 13.3. The van der Waals surface area contributed by atoms with Crippen LogP contribution in [0.3, 0.4) is 0 Å². The molecule has 0 radical (unpaired) electrons. The maximum atomic E-state index is 11.9. The van der Waals surface area contributed by atoms with Gasteiger partial charge in [-0.25, -0.2) is 4.79 Å². The van der Waals surface area contributed by atoms with Gasteiger partial charge in [-0.2, -0.15) is 0 Å². The van der Waals surface area contributed by atoms with Crippen LogP contribution in [0.1, 0.15) is 30.9 Å². The number of anilines is 1. The van der Waals surface area contributed by atoms with Crippen molar-refractivity contribution in [3.8, 4) is 0 Å². The number of nitrogens with two attached hydrogens (primary N) is 1. The minimum atomic E-state index is -0.290. The van der Waals surface area contributed by atoms with Crippen LogP contribution in [-0.2, 0) is 4.74 Å². The third-order valence-corrected chi connectivity index (χ3v) is 3.36. The van der Waals surface area contributed by atoms with Gasteiger partial charge in [0.2, 0.25) is 0 Å². The van der Waals surface area contributed by atoms with Crippen molar-refractivity contribution in [2.75, 3.05) is 18.1 Å². The Bertz CT molecular complexity index is 457. The summed E-state index contributed by atoms with van der Waals surface area (Å²) < 4.78 is 5.12. The monoisotopic (exact) mass is 248 g/mol. The van der Waals surface area contributed by atoms with E-state index in [9.17, 15) is 4.79 Å². The molecule has 1 heterocycles. The van der Waals surface area contributed by atoms with Crippen molar-refractivity contribution < 1.29 is 9.53 Å². The fourth-order valence-electron chi connectivity index (χ4n) is 2.38. The van der Waals surface area contributed by atoms with Gasteiger partial charge in [0, 0.05) is 6.54 Å². The van der Waals surface area contributed by atoms with Crippen LogP contribution in [0.15, 0.2) is 18.2 Å². The molecule has 1 saturated heterocycles. The van der Waals surface area contributed by atoms with Crippen molar-refractivity contribution in [3.63, 3.8) is 0 Å². The first kappa shape index (κ1) is 12.9. The van der Waals surface area contributed by atoms with Gasteiger partial charge in [-0.3, -0.25) is 4.90 Å². The molecule has 1 aromatic rings. The first-order chi connectivity index (χ1) is 8.56. The van der Waals surface area contributed by atoms with E-state index in [0.29, 0.717) is 19.1 Å². The van der Waals surface area contributed by atoms with Crippen LogP contribution in [0.25, 0.3) is 0 Å². The fraction of sp³-hybridized carbons (Fsp3) is 0.500. The van der Waals surface area contributed by atoms with Crippen molar-refractivity contribution in [2.45, 2.75) is 32.7 Å². The minimum Gasteiger partial charge on any atom is -0.447 e. The standard InChI is InChI=1S/C14H20N2O2/c1-9(2)12-6-4-5-10(3)13(12)16-11(7-15)8-18-14(16)17/h4-6,9,11H,7-8,15H2,1-3H3.